The van der Waals surface area contributed by atoms with Gasteiger partial charge in [0.05, 0.1) is 11.6 Å². The molecular weight excluding hydrogens is 242 g/mol. The lowest BCUT2D eigenvalue weighted by atomic mass is 9.87. The van der Waals surface area contributed by atoms with Crippen LogP contribution in [0.1, 0.15) is 40.4 Å². The summed E-state index contributed by atoms with van der Waals surface area (Å²) in [4.78, 5) is 12.1. The minimum Gasteiger partial charge on any atom is -0.345 e. The second-order valence-electron chi connectivity index (χ2n) is 4.63. The number of benzene rings is 1. The average Bonchev–Trinajstić information content (AvgIpc) is 2.93. The summed E-state index contributed by atoms with van der Waals surface area (Å²) >= 11 is 1.55. The summed E-state index contributed by atoms with van der Waals surface area (Å²) in [6, 6.07) is 10.5. The van der Waals surface area contributed by atoms with Gasteiger partial charge < -0.3 is 5.32 Å². The first kappa shape index (κ1) is 11.5. The Morgan fingerprint density at radius 3 is 3.00 bits per heavy atom. The van der Waals surface area contributed by atoms with E-state index in [0.29, 0.717) is 0 Å². The number of rotatable bonds is 2. The normalized spacial score (nSPS) is 18.1. The monoisotopic (exact) mass is 257 g/mol. The van der Waals surface area contributed by atoms with Crippen molar-refractivity contribution in [2.75, 3.05) is 0 Å². The Labute approximate surface area is 111 Å². The predicted molar refractivity (Wildman–Crippen MR) is 73.9 cm³/mol. The number of carbonyl (C=O) groups is 1. The molecule has 1 N–H and O–H groups in total. The van der Waals surface area contributed by atoms with Crippen LogP contribution >= 0.6 is 11.3 Å². The van der Waals surface area contributed by atoms with Crippen LogP contribution in [0.4, 0.5) is 0 Å². The lowest BCUT2D eigenvalue weighted by molar-refractivity contribution is 0.0933. The lowest BCUT2D eigenvalue weighted by Gasteiger charge is -2.26. The molecule has 2 nitrogen and oxygen atoms in total. The van der Waals surface area contributed by atoms with Gasteiger partial charge in [0.15, 0.2) is 0 Å². The van der Waals surface area contributed by atoms with Crippen LogP contribution in [0.15, 0.2) is 41.1 Å². The molecule has 1 aliphatic rings. The van der Waals surface area contributed by atoms with Crippen LogP contribution in [-0.4, -0.2) is 5.91 Å². The maximum Gasteiger partial charge on any atom is 0.252 e. The summed E-state index contributed by atoms with van der Waals surface area (Å²) in [5.74, 6) is 0.0398. The summed E-state index contributed by atoms with van der Waals surface area (Å²) in [5.41, 5.74) is 3.43. The van der Waals surface area contributed by atoms with Gasteiger partial charge in [0.25, 0.3) is 5.91 Å². The van der Waals surface area contributed by atoms with Crippen LogP contribution in [0.5, 0.6) is 0 Å². The first-order valence-electron chi connectivity index (χ1n) is 6.25. The minimum absolute atomic E-state index is 0.0398. The highest BCUT2D eigenvalue weighted by molar-refractivity contribution is 7.08. The molecule has 1 atom stereocenters. The SMILES string of the molecule is O=C(NC1CCCc2ccccc21)c1ccsc1. The van der Waals surface area contributed by atoms with Crippen molar-refractivity contribution in [3.63, 3.8) is 0 Å². The number of hydrogen-bond acceptors (Lipinski definition) is 2. The molecule has 2 aromatic rings. The molecule has 1 aromatic heterocycles. The number of nitrogens with one attached hydrogen (secondary N) is 1. The molecule has 3 rings (SSSR count). The first-order chi connectivity index (χ1) is 8.84. The van der Waals surface area contributed by atoms with Gasteiger partial charge in [-0.15, -0.1) is 0 Å². The van der Waals surface area contributed by atoms with E-state index in [4.69, 9.17) is 0 Å². The number of amides is 1. The van der Waals surface area contributed by atoms with Gasteiger partial charge in [-0.2, -0.15) is 11.3 Å². The summed E-state index contributed by atoms with van der Waals surface area (Å²) in [7, 11) is 0. The van der Waals surface area contributed by atoms with Crippen molar-refractivity contribution < 1.29 is 4.79 Å². The smallest absolute Gasteiger partial charge is 0.252 e. The molecule has 92 valence electrons. The largest absolute Gasteiger partial charge is 0.345 e. The Morgan fingerprint density at radius 1 is 1.28 bits per heavy atom. The number of carbonyl (C=O) groups excluding carboxylic acids is 1. The fourth-order valence-electron chi connectivity index (χ4n) is 2.54. The van der Waals surface area contributed by atoms with Gasteiger partial charge in [-0.3, -0.25) is 4.79 Å². The molecule has 1 unspecified atom stereocenters. The minimum atomic E-state index is 0.0398. The van der Waals surface area contributed by atoms with E-state index in [1.165, 1.54) is 11.1 Å². The van der Waals surface area contributed by atoms with E-state index in [9.17, 15) is 4.79 Å². The second kappa shape index (κ2) is 4.94. The fraction of sp³-hybridized carbons (Fsp3) is 0.267. The zero-order valence-electron chi connectivity index (χ0n) is 10.1. The Morgan fingerprint density at radius 2 is 2.17 bits per heavy atom. The van der Waals surface area contributed by atoms with Crippen molar-refractivity contribution >= 4 is 17.2 Å². The van der Waals surface area contributed by atoms with Crippen LogP contribution < -0.4 is 5.32 Å². The third kappa shape index (κ3) is 2.18. The molecule has 0 saturated carbocycles. The Kier molecular flexibility index (Phi) is 3.15. The van der Waals surface area contributed by atoms with Gasteiger partial charge in [0.1, 0.15) is 0 Å². The molecule has 1 aliphatic carbocycles. The number of fused-ring (bicyclic) bond motifs is 1. The Bertz CT molecular complexity index is 547. The molecule has 0 spiro atoms. The molecule has 18 heavy (non-hydrogen) atoms. The van der Waals surface area contributed by atoms with Crippen LogP contribution in [0, 0.1) is 0 Å². The lowest BCUT2D eigenvalue weighted by Crippen LogP contribution is -2.30. The molecule has 1 aromatic carbocycles. The van der Waals surface area contributed by atoms with Gasteiger partial charge in [-0.25, -0.2) is 0 Å². The Balaban J connectivity index is 1.80. The number of hydrogen-bond donors (Lipinski definition) is 1. The van der Waals surface area contributed by atoms with Crippen molar-refractivity contribution in [3.05, 3.63) is 57.8 Å². The topological polar surface area (TPSA) is 29.1 Å². The maximum absolute atomic E-state index is 12.1. The summed E-state index contributed by atoms with van der Waals surface area (Å²) < 4.78 is 0. The van der Waals surface area contributed by atoms with E-state index in [1.54, 1.807) is 11.3 Å². The van der Waals surface area contributed by atoms with E-state index in [0.717, 1.165) is 24.8 Å². The molecular formula is C15H15NOS. The fourth-order valence-corrected chi connectivity index (χ4v) is 3.18. The molecule has 1 heterocycles. The van der Waals surface area contributed by atoms with Gasteiger partial charge in [0, 0.05) is 5.38 Å². The van der Waals surface area contributed by atoms with E-state index >= 15 is 0 Å². The van der Waals surface area contributed by atoms with Gasteiger partial charge >= 0.3 is 0 Å². The molecule has 0 fully saturated rings. The van der Waals surface area contributed by atoms with Crippen LogP contribution in [0.25, 0.3) is 0 Å². The molecule has 1 amide bonds. The standard InChI is InChI=1S/C15H15NOS/c17-15(12-8-9-18-10-12)16-14-7-3-5-11-4-1-2-6-13(11)14/h1-2,4,6,8-10,14H,3,5,7H2,(H,16,17). The quantitative estimate of drug-likeness (QED) is 0.875. The first-order valence-corrected chi connectivity index (χ1v) is 7.20. The van der Waals surface area contributed by atoms with Crippen LogP contribution in [-0.2, 0) is 6.42 Å². The van der Waals surface area contributed by atoms with Crippen molar-refractivity contribution in [2.24, 2.45) is 0 Å². The van der Waals surface area contributed by atoms with Crippen LogP contribution in [0.3, 0.4) is 0 Å². The zero-order chi connectivity index (χ0) is 12.4. The van der Waals surface area contributed by atoms with Gasteiger partial charge in [0.2, 0.25) is 0 Å². The number of aryl methyl sites for hydroxylation is 1. The van der Waals surface area contributed by atoms with E-state index in [1.807, 2.05) is 22.9 Å². The molecule has 0 saturated heterocycles. The van der Waals surface area contributed by atoms with Crippen molar-refractivity contribution in [1.82, 2.24) is 5.32 Å². The van der Waals surface area contributed by atoms with E-state index in [-0.39, 0.29) is 11.9 Å². The molecule has 0 aliphatic heterocycles. The second-order valence-corrected chi connectivity index (χ2v) is 5.41. The molecule has 0 radical (unpaired) electrons. The van der Waals surface area contributed by atoms with E-state index in [2.05, 4.69) is 23.5 Å². The summed E-state index contributed by atoms with van der Waals surface area (Å²) in [6.45, 7) is 0. The number of thiophene rings is 1. The van der Waals surface area contributed by atoms with Gasteiger partial charge in [-0.05, 0) is 41.8 Å². The Hall–Kier alpha value is -1.61. The summed E-state index contributed by atoms with van der Waals surface area (Å²) in [6.07, 6.45) is 3.31. The zero-order valence-corrected chi connectivity index (χ0v) is 10.9. The van der Waals surface area contributed by atoms with Crippen molar-refractivity contribution in [2.45, 2.75) is 25.3 Å². The highest BCUT2D eigenvalue weighted by Gasteiger charge is 2.21. The van der Waals surface area contributed by atoms with Crippen molar-refractivity contribution in [1.29, 1.82) is 0 Å². The molecule has 0 bridgehead atoms. The third-order valence-electron chi connectivity index (χ3n) is 3.46. The van der Waals surface area contributed by atoms with E-state index < -0.39 is 0 Å². The highest BCUT2D eigenvalue weighted by Crippen LogP contribution is 2.29. The highest BCUT2D eigenvalue weighted by atomic mass is 32.1. The predicted octanol–water partition coefficient (Wildman–Crippen LogP) is 3.56. The summed E-state index contributed by atoms with van der Waals surface area (Å²) in [5, 5.41) is 6.97. The molecule has 3 heteroatoms. The maximum atomic E-state index is 12.1. The average molecular weight is 257 g/mol. The third-order valence-corrected chi connectivity index (χ3v) is 4.14. The van der Waals surface area contributed by atoms with Gasteiger partial charge in [-0.1, -0.05) is 24.3 Å². The van der Waals surface area contributed by atoms with Crippen LogP contribution in [0.2, 0.25) is 0 Å². The van der Waals surface area contributed by atoms with Crippen molar-refractivity contribution in [3.8, 4) is 0 Å².